The van der Waals surface area contributed by atoms with Gasteiger partial charge in [0.1, 0.15) is 11.9 Å². The van der Waals surface area contributed by atoms with Crippen molar-refractivity contribution in [2.24, 2.45) is 5.92 Å². The zero-order valence-corrected chi connectivity index (χ0v) is 24.5. The number of hydrogen-bond donors (Lipinski definition) is 4. The monoisotopic (exact) mass is 585 g/mol. The number of methoxy groups -OCH3 is 2. The predicted octanol–water partition coefficient (Wildman–Crippen LogP) is 5.36. The summed E-state index contributed by atoms with van der Waals surface area (Å²) in [4.78, 5) is 53.7. The number of carbonyl (C=O) groups excluding carboxylic acids is 3. The highest BCUT2D eigenvalue weighted by molar-refractivity contribution is 5.86. The number of H-pyrrole nitrogens is 2. The third-order valence-electron chi connectivity index (χ3n) is 7.55. The summed E-state index contributed by atoms with van der Waals surface area (Å²) >= 11 is 0. The Labute approximate surface area is 249 Å². The highest BCUT2D eigenvalue weighted by Gasteiger charge is 2.37. The van der Waals surface area contributed by atoms with E-state index >= 15 is 0 Å². The lowest BCUT2D eigenvalue weighted by Crippen LogP contribution is -2.51. The number of ether oxygens (including phenoxy) is 2. The number of benzene rings is 2. The first kappa shape index (κ1) is 29.4. The minimum Gasteiger partial charge on any atom is -0.453 e. The largest absolute Gasteiger partial charge is 0.453 e. The lowest BCUT2D eigenvalue weighted by Gasteiger charge is -2.30. The van der Waals surface area contributed by atoms with Crippen molar-refractivity contribution in [3.05, 3.63) is 66.7 Å². The third-order valence-corrected chi connectivity index (χ3v) is 7.55. The first-order valence-corrected chi connectivity index (χ1v) is 14.1. The van der Waals surface area contributed by atoms with Gasteiger partial charge in [0.15, 0.2) is 0 Å². The van der Waals surface area contributed by atoms with E-state index in [1.165, 1.54) is 14.2 Å². The molecule has 0 saturated carbocycles. The SMILES string of the molecule is COC(=O)Nc1ncc(-c2ccc(-c3ccc(-c4cnc([C@@H]5CCCN5C(=O)[C@@H](NC(=O)OC)C(C)C)[nH]4)cc3)cc2)[nH]1. The highest BCUT2D eigenvalue weighted by atomic mass is 16.5. The molecule has 1 aliphatic heterocycles. The molecule has 2 aromatic heterocycles. The van der Waals surface area contributed by atoms with Crippen LogP contribution in [0.25, 0.3) is 33.6 Å². The number of nitrogens with zero attached hydrogens (tertiary/aromatic N) is 3. The number of carbonyl (C=O) groups is 3. The second kappa shape index (κ2) is 12.8. The van der Waals surface area contributed by atoms with Crippen molar-refractivity contribution in [2.45, 2.75) is 38.8 Å². The zero-order valence-electron chi connectivity index (χ0n) is 24.5. The van der Waals surface area contributed by atoms with Gasteiger partial charge >= 0.3 is 12.2 Å². The quantitative estimate of drug-likeness (QED) is 0.217. The fourth-order valence-corrected chi connectivity index (χ4v) is 5.21. The molecule has 1 aliphatic rings. The summed E-state index contributed by atoms with van der Waals surface area (Å²) in [5.41, 5.74) is 5.64. The van der Waals surface area contributed by atoms with E-state index in [2.05, 4.69) is 47.4 Å². The number of aromatic nitrogens is 4. The van der Waals surface area contributed by atoms with Gasteiger partial charge in [-0.1, -0.05) is 62.4 Å². The third kappa shape index (κ3) is 6.53. The van der Waals surface area contributed by atoms with Crippen LogP contribution in [-0.4, -0.2) is 69.7 Å². The molecule has 4 N–H and O–H groups in total. The molecular formula is C31H35N7O5. The molecule has 2 atom stereocenters. The second-order valence-electron chi connectivity index (χ2n) is 10.6. The number of alkyl carbamates (subject to hydrolysis) is 1. The fraction of sp³-hybridized carbons (Fsp3) is 0.323. The van der Waals surface area contributed by atoms with Crippen LogP contribution < -0.4 is 10.6 Å². The molecule has 1 fully saturated rings. The Hall–Kier alpha value is -5.13. The summed E-state index contributed by atoms with van der Waals surface area (Å²) in [6.45, 7) is 4.40. The lowest BCUT2D eigenvalue weighted by molar-refractivity contribution is -0.135. The van der Waals surface area contributed by atoms with Crippen molar-refractivity contribution in [1.82, 2.24) is 30.2 Å². The number of amides is 3. The molecule has 5 rings (SSSR count). The Bertz CT molecular complexity index is 1580. The van der Waals surface area contributed by atoms with E-state index in [-0.39, 0.29) is 17.9 Å². The molecule has 224 valence electrons. The van der Waals surface area contributed by atoms with E-state index in [0.29, 0.717) is 12.5 Å². The Balaban J connectivity index is 1.26. The average molecular weight is 586 g/mol. The van der Waals surface area contributed by atoms with Crippen LogP contribution in [0.4, 0.5) is 15.5 Å². The van der Waals surface area contributed by atoms with Gasteiger partial charge in [-0.15, -0.1) is 0 Å². The van der Waals surface area contributed by atoms with Crippen LogP contribution in [0.1, 0.15) is 38.6 Å². The average Bonchev–Trinajstić information content (AvgIpc) is 3.80. The van der Waals surface area contributed by atoms with Crippen molar-refractivity contribution in [3.63, 3.8) is 0 Å². The van der Waals surface area contributed by atoms with E-state index in [9.17, 15) is 14.4 Å². The van der Waals surface area contributed by atoms with E-state index in [1.807, 2.05) is 50.2 Å². The van der Waals surface area contributed by atoms with Gasteiger partial charge in [0.2, 0.25) is 11.9 Å². The van der Waals surface area contributed by atoms with Crippen molar-refractivity contribution >= 4 is 24.0 Å². The molecule has 3 amide bonds. The molecular weight excluding hydrogens is 550 g/mol. The van der Waals surface area contributed by atoms with E-state index in [1.54, 1.807) is 17.3 Å². The molecule has 43 heavy (non-hydrogen) atoms. The first-order chi connectivity index (χ1) is 20.8. The summed E-state index contributed by atoms with van der Waals surface area (Å²) in [5.74, 6) is 0.807. The molecule has 12 heteroatoms. The van der Waals surface area contributed by atoms with Gasteiger partial charge in [-0.2, -0.15) is 0 Å². The maximum absolute atomic E-state index is 13.4. The fourth-order valence-electron chi connectivity index (χ4n) is 5.21. The molecule has 12 nitrogen and oxygen atoms in total. The highest BCUT2D eigenvalue weighted by Crippen LogP contribution is 2.33. The van der Waals surface area contributed by atoms with Gasteiger partial charge in [0.05, 0.1) is 44.0 Å². The number of imidazole rings is 2. The summed E-state index contributed by atoms with van der Waals surface area (Å²) in [6.07, 6.45) is 3.87. The number of rotatable bonds is 8. The Morgan fingerprint density at radius 2 is 1.40 bits per heavy atom. The molecule has 4 aromatic rings. The van der Waals surface area contributed by atoms with E-state index in [4.69, 9.17) is 4.74 Å². The number of hydrogen-bond acceptors (Lipinski definition) is 7. The Morgan fingerprint density at radius 3 is 1.98 bits per heavy atom. The first-order valence-electron chi connectivity index (χ1n) is 14.1. The van der Waals surface area contributed by atoms with E-state index in [0.717, 1.165) is 52.3 Å². The molecule has 0 aliphatic carbocycles. The van der Waals surface area contributed by atoms with Crippen LogP contribution >= 0.6 is 0 Å². The minimum absolute atomic E-state index is 0.0941. The summed E-state index contributed by atoms with van der Waals surface area (Å²) in [7, 11) is 2.58. The Kier molecular flexibility index (Phi) is 8.74. The van der Waals surface area contributed by atoms with Crippen LogP contribution in [0, 0.1) is 5.92 Å². The van der Waals surface area contributed by atoms with Crippen LogP contribution in [-0.2, 0) is 14.3 Å². The van der Waals surface area contributed by atoms with Crippen LogP contribution in [0.15, 0.2) is 60.9 Å². The number of likely N-dealkylation sites (tertiary alicyclic amines) is 1. The van der Waals surface area contributed by atoms with Crippen LogP contribution in [0.5, 0.6) is 0 Å². The predicted molar refractivity (Wildman–Crippen MR) is 161 cm³/mol. The normalized spacial score (nSPS) is 15.3. The molecule has 2 aromatic carbocycles. The van der Waals surface area contributed by atoms with Gasteiger partial charge in [0.25, 0.3) is 0 Å². The maximum Gasteiger partial charge on any atom is 0.413 e. The molecule has 0 bridgehead atoms. The van der Waals surface area contributed by atoms with Crippen LogP contribution in [0.3, 0.4) is 0 Å². The molecule has 0 radical (unpaired) electrons. The van der Waals surface area contributed by atoms with Gasteiger partial charge in [-0.3, -0.25) is 10.1 Å². The molecule has 3 heterocycles. The zero-order chi connectivity index (χ0) is 30.5. The number of anilines is 1. The van der Waals surface area contributed by atoms with Gasteiger partial charge in [-0.05, 0) is 41.0 Å². The summed E-state index contributed by atoms with van der Waals surface area (Å²) in [6, 6.07) is 15.3. The standard InChI is InChI=1S/C31H35N7O5/c1-18(2)26(36-30(40)42-3)28(39)38-15-5-6-25(38)27-32-16-23(34-27)21-11-7-19(8-12-21)20-9-13-22(14-10-20)24-17-33-29(35-24)37-31(41)43-4/h7-14,16-18,25-26H,5-6,15H2,1-4H3,(H,32,34)(H,36,40)(H2,33,35,37,41)/t25-,26-/m0/s1. The van der Waals surface area contributed by atoms with Crippen molar-refractivity contribution in [2.75, 3.05) is 26.1 Å². The number of aromatic amines is 2. The smallest absolute Gasteiger partial charge is 0.413 e. The minimum atomic E-state index is -0.676. The van der Waals surface area contributed by atoms with Gasteiger partial charge < -0.3 is 29.7 Å². The maximum atomic E-state index is 13.4. The van der Waals surface area contributed by atoms with Crippen molar-refractivity contribution < 1.29 is 23.9 Å². The molecule has 0 unspecified atom stereocenters. The second-order valence-corrected chi connectivity index (χ2v) is 10.6. The summed E-state index contributed by atoms with van der Waals surface area (Å²) in [5, 5.41) is 5.19. The summed E-state index contributed by atoms with van der Waals surface area (Å²) < 4.78 is 9.32. The van der Waals surface area contributed by atoms with Crippen LogP contribution in [0.2, 0.25) is 0 Å². The topological polar surface area (TPSA) is 154 Å². The lowest BCUT2D eigenvalue weighted by atomic mass is 10.0. The van der Waals surface area contributed by atoms with Gasteiger partial charge in [0, 0.05) is 6.54 Å². The number of nitrogens with one attached hydrogen (secondary N) is 4. The van der Waals surface area contributed by atoms with Gasteiger partial charge in [-0.25, -0.2) is 19.6 Å². The van der Waals surface area contributed by atoms with E-state index < -0.39 is 18.2 Å². The van der Waals surface area contributed by atoms with Crippen molar-refractivity contribution in [1.29, 1.82) is 0 Å². The van der Waals surface area contributed by atoms with Crippen molar-refractivity contribution in [3.8, 4) is 33.6 Å². The Morgan fingerprint density at radius 1 is 0.837 bits per heavy atom. The molecule has 1 saturated heterocycles. The molecule has 0 spiro atoms.